The summed E-state index contributed by atoms with van der Waals surface area (Å²) in [5.74, 6) is 0.615. The molecule has 4 heteroatoms. The Kier molecular flexibility index (Phi) is 4.87. The Labute approximate surface area is 106 Å². The van der Waals surface area contributed by atoms with E-state index in [4.69, 9.17) is 9.47 Å². The minimum atomic E-state index is -0.579. The van der Waals surface area contributed by atoms with Gasteiger partial charge in [-0.15, -0.1) is 11.8 Å². The molecule has 0 bridgehead atoms. The molecule has 17 heavy (non-hydrogen) atoms. The fraction of sp³-hybridized carbons (Fsp3) is 0.462. The van der Waals surface area contributed by atoms with Crippen molar-refractivity contribution in [2.45, 2.75) is 30.4 Å². The van der Waals surface area contributed by atoms with Crippen LogP contribution in [0.25, 0.3) is 0 Å². The van der Waals surface area contributed by atoms with Gasteiger partial charge in [-0.25, -0.2) is 0 Å². The molecule has 94 valence electrons. The predicted molar refractivity (Wildman–Crippen MR) is 69.6 cm³/mol. The van der Waals surface area contributed by atoms with Gasteiger partial charge in [0, 0.05) is 4.90 Å². The van der Waals surface area contributed by atoms with Gasteiger partial charge in [0.2, 0.25) is 0 Å². The van der Waals surface area contributed by atoms with Crippen LogP contribution in [0.15, 0.2) is 29.2 Å². The number of benzene rings is 1. The summed E-state index contributed by atoms with van der Waals surface area (Å²) in [6.07, 6.45) is 0. The lowest BCUT2D eigenvalue weighted by Gasteiger charge is -2.21. The molecule has 0 unspecified atom stereocenters. The summed E-state index contributed by atoms with van der Waals surface area (Å²) in [6.45, 7) is 5.94. The van der Waals surface area contributed by atoms with Crippen molar-refractivity contribution in [3.8, 4) is 5.75 Å². The first kappa shape index (κ1) is 13.9. The lowest BCUT2D eigenvalue weighted by atomic mass is 10.2. The maximum atomic E-state index is 11.7. The molecule has 0 aliphatic rings. The smallest absolute Gasteiger partial charge is 0.321 e. The van der Waals surface area contributed by atoms with Crippen LogP contribution in [0.4, 0.5) is 0 Å². The maximum absolute atomic E-state index is 11.7. The van der Waals surface area contributed by atoms with Gasteiger partial charge in [0.25, 0.3) is 0 Å². The van der Waals surface area contributed by atoms with Gasteiger partial charge in [0.1, 0.15) is 10.5 Å². The summed E-state index contributed by atoms with van der Waals surface area (Å²) >= 11 is 1.48. The third-order valence-corrected chi connectivity index (χ3v) is 3.38. The molecule has 0 fully saturated rings. The van der Waals surface area contributed by atoms with Crippen molar-refractivity contribution in [3.63, 3.8) is 0 Å². The highest BCUT2D eigenvalue weighted by Crippen LogP contribution is 2.34. The second-order valence-corrected chi connectivity index (χ2v) is 5.70. The summed E-state index contributed by atoms with van der Waals surface area (Å²) in [4.78, 5) is 12.7. The number of esters is 1. The van der Waals surface area contributed by atoms with Gasteiger partial charge in [0.05, 0.1) is 13.7 Å². The second kappa shape index (κ2) is 5.96. The second-order valence-electron chi connectivity index (χ2n) is 4.01. The third kappa shape index (κ3) is 3.97. The summed E-state index contributed by atoms with van der Waals surface area (Å²) in [5.41, 5.74) is 0. The van der Waals surface area contributed by atoms with E-state index in [0.717, 1.165) is 10.6 Å². The molecular weight excluding hydrogens is 236 g/mol. The first-order chi connectivity index (χ1) is 7.99. The highest BCUT2D eigenvalue weighted by Gasteiger charge is 2.30. The minimum Gasteiger partial charge on any atom is -0.497 e. The van der Waals surface area contributed by atoms with E-state index >= 15 is 0 Å². The molecular formula is C13H18O3S. The molecule has 3 nitrogen and oxygen atoms in total. The molecule has 0 aromatic heterocycles. The molecule has 0 aliphatic heterocycles. The molecule has 1 aromatic rings. The average Bonchev–Trinajstić information content (AvgIpc) is 2.30. The van der Waals surface area contributed by atoms with Crippen LogP contribution in [0.3, 0.4) is 0 Å². The molecule has 0 N–H and O–H groups in total. The quantitative estimate of drug-likeness (QED) is 0.597. The Hall–Kier alpha value is -1.16. The SMILES string of the molecule is CCOC(=O)C(C)(C)Sc1ccc(OC)cc1. The maximum Gasteiger partial charge on any atom is 0.321 e. The first-order valence-electron chi connectivity index (χ1n) is 5.50. The summed E-state index contributed by atoms with van der Waals surface area (Å²) in [7, 11) is 1.63. The monoisotopic (exact) mass is 254 g/mol. The number of methoxy groups -OCH3 is 1. The van der Waals surface area contributed by atoms with E-state index in [9.17, 15) is 4.79 Å². The number of carbonyl (C=O) groups excluding carboxylic acids is 1. The molecule has 0 heterocycles. The standard InChI is InChI=1S/C13H18O3S/c1-5-16-12(14)13(2,3)17-11-8-6-10(15-4)7-9-11/h6-9H,5H2,1-4H3. The normalized spacial score (nSPS) is 11.1. The lowest BCUT2D eigenvalue weighted by Crippen LogP contribution is -2.29. The van der Waals surface area contributed by atoms with Crippen LogP contribution in [0.1, 0.15) is 20.8 Å². The van der Waals surface area contributed by atoms with E-state index < -0.39 is 4.75 Å². The van der Waals surface area contributed by atoms with Gasteiger partial charge in [0.15, 0.2) is 0 Å². The number of hydrogen-bond donors (Lipinski definition) is 0. The van der Waals surface area contributed by atoms with E-state index in [2.05, 4.69) is 0 Å². The molecule has 1 rings (SSSR count). The van der Waals surface area contributed by atoms with Crippen molar-refractivity contribution in [1.29, 1.82) is 0 Å². The van der Waals surface area contributed by atoms with E-state index in [-0.39, 0.29) is 5.97 Å². The van der Waals surface area contributed by atoms with Crippen molar-refractivity contribution in [2.75, 3.05) is 13.7 Å². The summed E-state index contributed by atoms with van der Waals surface area (Å²) in [5, 5.41) is 0. The van der Waals surface area contributed by atoms with Crippen molar-refractivity contribution < 1.29 is 14.3 Å². The minimum absolute atomic E-state index is 0.194. The van der Waals surface area contributed by atoms with E-state index in [1.54, 1.807) is 7.11 Å². The Morgan fingerprint density at radius 1 is 1.29 bits per heavy atom. The Balaban J connectivity index is 2.71. The summed E-state index contributed by atoms with van der Waals surface area (Å²) < 4.78 is 9.54. The third-order valence-electron chi connectivity index (χ3n) is 2.20. The molecule has 0 amide bonds. The molecule has 0 radical (unpaired) electrons. The van der Waals surface area contributed by atoms with Gasteiger partial charge in [-0.05, 0) is 45.0 Å². The zero-order valence-electron chi connectivity index (χ0n) is 10.6. The van der Waals surface area contributed by atoms with E-state index in [1.807, 2.05) is 45.0 Å². The first-order valence-corrected chi connectivity index (χ1v) is 6.31. The topological polar surface area (TPSA) is 35.5 Å². The van der Waals surface area contributed by atoms with Gasteiger partial charge in [-0.2, -0.15) is 0 Å². The van der Waals surface area contributed by atoms with Gasteiger partial charge in [-0.3, -0.25) is 4.79 Å². The average molecular weight is 254 g/mol. The highest BCUT2D eigenvalue weighted by molar-refractivity contribution is 8.01. The molecule has 1 aromatic carbocycles. The molecule has 0 atom stereocenters. The van der Waals surface area contributed by atoms with Crippen molar-refractivity contribution in [1.82, 2.24) is 0 Å². The lowest BCUT2D eigenvalue weighted by molar-refractivity contribution is -0.145. The van der Waals surface area contributed by atoms with Crippen molar-refractivity contribution >= 4 is 17.7 Å². The van der Waals surface area contributed by atoms with Crippen LogP contribution in [0.2, 0.25) is 0 Å². The molecule has 0 aliphatic carbocycles. The fourth-order valence-electron chi connectivity index (χ4n) is 1.28. The number of carbonyl (C=O) groups is 1. The van der Waals surface area contributed by atoms with E-state index in [1.165, 1.54) is 11.8 Å². The molecule has 0 saturated carbocycles. The zero-order chi connectivity index (χ0) is 12.9. The van der Waals surface area contributed by atoms with Crippen molar-refractivity contribution in [2.24, 2.45) is 0 Å². The largest absolute Gasteiger partial charge is 0.497 e. The molecule has 0 spiro atoms. The summed E-state index contributed by atoms with van der Waals surface area (Å²) in [6, 6.07) is 7.63. The van der Waals surface area contributed by atoms with E-state index in [0.29, 0.717) is 6.61 Å². The molecule has 0 saturated heterocycles. The van der Waals surface area contributed by atoms with Gasteiger partial charge in [-0.1, -0.05) is 0 Å². The van der Waals surface area contributed by atoms with Crippen LogP contribution in [0, 0.1) is 0 Å². The van der Waals surface area contributed by atoms with Crippen molar-refractivity contribution in [3.05, 3.63) is 24.3 Å². The van der Waals surface area contributed by atoms with Gasteiger partial charge >= 0.3 is 5.97 Å². The number of thioether (sulfide) groups is 1. The Morgan fingerprint density at radius 3 is 2.35 bits per heavy atom. The van der Waals surface area contributed by atoms with Crippen LogP contribution >= 0.6 is 11.8 Å². The Morgan fingerprint density at radius 2 is 1.88 bits per heavy atom. The number of hydrogen-bond acceptors (Lipinski definition) is 4. The number of ether oxygens (including phenoxy) is 2. The highest BCUT2D eigenvalue weighted by atomic mass is 32.2. The zero-order valence-corrected chi connectivity index (χ0v) is 11.5. The van der Waals surface area contributed by atoms with Gasteiger partial charge < -0.3 is 9.47 Å². The fourth-order valence-corrected chi connectivity index (χ4v) is 2.29. The number of rotatable bonds is 5. The Bertz CT molecular complexity index is 371. The van der Waals surface area contributed by atoms with Crippen LogP contribution in [0.5, 0.6) is 5.75 Å². The predicted octanol–water partition coefficient (Wildman–Crippen LogP) is 3.13. The van der Waals surface area contributed by atoms with Crippen LogP contribution < -0.4 is 4.74 Å². The van der Waals surface area contributed by atoms with Crippen LogP contribution in [-0.2, 0) is 9.53 Å². The van der Waals surface area contributed by atoms with Crippen LogP contribution in [-0.4, -0.2) is 24.4 Å².